The second kappa shape index (κ2) is 6.46. The van der Waals surface area contributed by atoms with Crippen molar-refractivity contribution in [1.82, 2.24) is 4.90 Å². The lowest BCUT2D eigenvalue weighted by atomic mass is 9.96. The van der Waals surface area contributed by atoms with E-state index in [0.29, 0.717) is 41.7 Å². The molecule has 6 heteroatoms. The number of hydrogen-bond acceptors (Lipinski definition) is 2. The number of piperidine rings is 1. The number of carbonyl (C=O) groups excluding carboxylic acids is 2. The highest BCUT2D eigenvalue weighted by Gasteiger charge is 2.26. The minimum Gasteiger partial charge on any atom is -0.343 e. The second-order valence-corrected chi connectivity index (χ2v) is 5.66. The lowest BCUT2D eigenvalue weighted by Gasteiger charge is -2.30. The molecule has 1 aromatic rings. The van der Waals surface area contributed by atoms with Crippen LogP contribution in [0.5, 0.6) is 0 Å². The Morgan fingerprint density at radius 2 is 1.90 bits per heavy atom. The smallest absolute Gasteiger partial charge is 0.227 e. The summed E-state index contributed by atoms with van der Waals surface area (Å²) in [6.07, 6.45) is 1.34. The van der Waals surface area contributed by atoms with Gasteiger partial charge in [-0.2, -0.15) is 0 Å². The van der Waals surface area contributed by atoms with Crippen molar-refractivity contribution in [2.24, 2.45) is 5.92 Å². The van der Waals surface area contributed by atoms with Crippen molar-refractivity contribution in [3.05, 3.63) is 28.2 Å². The van der Waals surface area contributed by atoms with Gasteiger partial charge in [0.15, 0.2) is 0 Å². The predicted molar refractivity (Wildman–Crippen MR) is 80.1 cm³/mol. The van der Waals surface area contributed by atoms with Crippen molar-refractivity contribution in [3.63, 3.8) is 0 Å². The van der Waals surface area contributed by atoms with Crippen molar-refractivity contribution < 1.29 is 9.59 Å². The lowest BCUT2D eigenvalue weighted by molar-refractivity contribution is -0.132. The first-order valence-electron chi connectivity index (χ1n) is 6.49. The van der Waals surface area contributed by atoms with Crippen LogP contribution < -0.4 is 5.32 Å². The lowest BCUT2D eigenvalue weighted by Crippen LogP contribution is -2.40. The quantitative estimate of drug-likeness (QED) is 0.911. The van der Waals surface area contributed by atoms with Gasteiger partial charge in [-0.05, 0) is 25.0 Å². The van der Waals surface area contributed by atoms with Gasteiger partial charge in [-0.15, -0.1) is 0 Å². The minimum atomic E-state index is -0.0966. The highest BCUT2D eigenvalue weighted by molar-refractivity contribution is 6.44. The molecule has 0 radical (unpaired) electrons. The maximum absolute atomic E-state index is 12.2. The van der Waals surface area contributed by atoms with E-state index in [0.717, 1.165) is 0 Å². The third kappa shape index (κ3) is 3.44. The summed E-state index contributed by atoms with van der Waals surface area (Å²) in [6.45, 7) is 2.79. The number of nitrogens with zero attached hydrogens (tertiary/aromatic N) is 1. The van der Waals surface area contributed by atoms with Crippen LogP contribution in [0, 0.1) is 5.92 Å². The molecule has 1 N–H and O–H groups in total. The Morgan fingerprint density at radius 3 is 2.50 bits per heavy atom. The van der Waals surface area contributed by atoms with Crippen LogP contribution in [0.3, 0.4) is 0 Å². The van der Waals surface area contributed by atoms with E-state index in [1.54, 1.807) is 30.0 Å². The molecule has 0 spiro atoms. The van der Waals surface area contributed by atoms with E-state index in [-0.39, 0.29) is 17.7 Å². The SMILES string of the molecule is CC(=O)N1CCC(C(=O)Nc2cccc(Cl)c2Cl)CC1. The molecule has 0 atom stereocenters. The number of amides is 2. The van der Waals surface area contributed by atoms with Crippen LogP contribution in [0.1, 0.15) is 19.8 Å². The Balaban J connectivity index is 1.96. The fourth-order valence-electron chi connectivity index (χ4n) is 2.29. The van der Waals surface area contributed by atoms with Crippen LogP contribution in [0.15, 0.2) is 18.2 Å². The average molecular weight is 315 g/mol. The Kier molecular flexibility index (Phi) is 4.89. The van der Waals surface area contributed by atoms with E-state index < -0.39 is 0 Å². The van der Waals surface area contributed by atoms with Gasteiger partial charge in [0.25, 0.3) is 0 Å². The number of halogens is 2. The molecular formula is C14H16Cl2N2O2. The van der Waals surface area contributed by atoms with Crippen molar-refractivity contribution >= 4 is 40.7 Å². The number of benzene rings is 1. The molecule has 1 heterocycles. The zero-order valence-electron chi connectivity index (χ0n) is 11.2. The maximum Gasteiger partial charge on any atom is 0.227 e. The van der Waals surface area contributed by atoms with Gasteiger partial charge in [0, 0.05) is 25.9 Å². The number of carbonyl (C=O) groups is 2. The van der Waals surface area contributed by atoms with Crippen LogP contribution in [0.2, 0.25) is 10.0 Å². The van der Waals surface area contributed by atoms with Crippen LogP contribution in [-0.2, 0) is 9.59 Å². The fraction of sp³-hybridized carbons (Fsp3) is 0.429. The summed E-state index contributed by atoms with van der Waals surface area (Å²) >= 11 is 12.0. The van der Waals surface area contributed by atoms with Gasteiger partial charge in [0.1, 0.15) is 0 Å². The summed E-state index contributed by atoms with van der Waals surface area (Å²) in [6, 6.07) is 5.13. The molecule has 0 bridgehead atoms. The van der Waals surface area contributed by atoms with Gasteiger partial charge in [0.05, 0.1) is 15.7 Å². The highest BCUT2D eigenvalue weighted by atomic mass is 35.5. The molecule has 20 heavy (non-hydrogen) atoms. The number of rotatable bonds is 2. The Bertz CT molecular complexity index is 526. The molecule has 1 aliphatic rings. The minimum absolute atomic E-state index is 0.0572. The molecular weight excluding hydrogens is 299 g/mol. The van der Waals surface area contributed by atoms with Gasteiger partial charge in [-0.25, -0.2) is 0 Å². The molecule has 1 aromatic carbocycles. The molecule has 0 unspecified atom stereocenters. The molecule has 1 aliphatic heterocycles. The van der Waals surface area contributed by atoms with Crippen molar-refractivity contribution in [2.75, 3.05) is 18.4 Å². The van der Waals surface area contributed by atoms with Gasteiger partial charge in [-0.1, -0.05) is 29.3 Å². The first-order valence-corrected chi connectivity index (χ1v) is 7.25. The second-order valence-electron chi connectivity index (χ2n) is 4.87. The molecule has 0 saturated carbocycles. The third-order valence-corrected chi connectivity index (χ3v) is 4.34. The largest absolute Gasteiger partial charge is 0.343 e. The third-order valence-electron chi connectivity index (χ3n) is 3.52. The van der Waals surface area contributed by atoms with Gasteiger partial charge in [-0.3, -0.25) is 9.59 Å². The summed E-state index contributed by atoms with van der Waals surface area (Å²) in [5.74, 6) is -0.111. The monoisotopic (exact) mass is 314 g/mol. The van der Waals surface area contributed by atoms with E-state index >= 15 is 0 Å². The molecule has 2 amide bonds. The average Bonchev–Trinajstić information content (AvgIpc) is 2.44. The number of hydrogen-bond donors (Lipinski definition) is 1. The molecule has 1 saturated heterocycles. The van der Waals surface area contributed by atoms with Gasteiger partial charge in [0.2, 0.25) is 11.8 Å². The van der Waals surface area contributed by atoms with Crippen LogP contribution >= 0.6 is 23.2 Å². The zero-order valence-corrected chi connectivity index (χ0v) is 12.7. The summed E-state index contributed by atoms with van der Waals surface area (Å²) < 4.78 is 0. The summed E-state index contributed by atoms with van der Waals surface area (Å²) in [5, 5.41) is 3.57. The first-order chi connectivity index (χ1) is 9.49. The highest BCUT2D eigenvalue weighted by Crippen LogP contribution is 2.30. The van der Waals surface area contributed by atoms with Crippen LogP contribution in [-0.4, -0.2) is 29.8 Å². The number of likely N-dealkylation sites (tertiary alicyclic amines) is 1. The van der Waals surface area contributed by atoms with E-state index in [4.69, 9.17) is 23.2 Å². The van der Waals surface area contributed by atoms with Crippen molar-refractivity contribution in [2.45, 2.75) is 19.8 Å². The van der Waals surface area contributed by atoms with E-state index in [2.05, 4.69) is 5.32 Å². The van der Waals surface area contributed by atoms with Crippen molar-refractivity contribution in [3.8, 4) is 0 Å². The normalized spacial score (nSPS) is 16.1. The molecule has 0 aromatic heterocycles. The maximum atomic E-state index is 12.2. The van der Waals surface area contributed by atoms with E-state index in [9.17, 15) is 9.59 Å². The summed E-state index contributed by atoms with van der Waals surface area (Å²) in [7, 11) is 0. The zero-order chi connectivity index (χ0) is 14.7. The number of anilines is 1. The van der Waals surface area contributed by atoms with Crippen LogP contribution in [0.25, 0.3) is 0 Å². The van der Waals surface area contributed by atoms with Gasteiger partial charge < -0.3 is 10.2 Å². The fourth-order valence-corrected chi connectivity index (χ4v) is 2.64. The molecule has 2 rings (SSSR count). The first kappa shape index (κ1) is 15.1. The summed E-state index contributed by atoms with van der Waals surface area (Å²) in [4.78, 5) is 25.2. The molecule has 1 fully saturated rings. The van der Waals surface area contributed by atoms with Crippen LogP contribution in [0.4, 0.5) is 5.69 Å². The molecule has 4 nitrogen and oxygen atoms in total. The topological polar surface area (TPSA) is 49.4 Å². The van der Waals surface area contributed by atoms with E-state index in [1.165, 1.54) is 0 Å². The summed E-state index contributed by atoms with van der Waals surface area (Å²) in [5.41, 5.74) is 0.526. The van der Waals surface area contributed by atoms with E-state index in [1.807, 2.05) is 0 Å². The van der Waals surface area contributed by atoms with Crippen molar-refractivity contribution in [1.29, 1.82) is 0 Å². The Labute approximate surface area is 128 Å². The standard InChI is InChI=1S/C14H16Cl2N2O2/c1-9(19)18-7-5-10(6-8-18)14(20)17-12-4-2-3-11(15)13(12)16/h2-4,10H,5-8H2,1H3,(H,17,20). The molecule has 0 aliphatic carbocycles. The Hall–Kier alpha value is -1.26. The molecule has 108 valence electrons. The van der Waals surface area contributed by atoms with Gasteiger partial charge >= 0.3 is 0 Å². The predicted octanol–water partition coefficient (Wildman–Crippen LogP) is 3.19. The number of nitrogens with one attached hydrogen (secondary N) is 1. The Morgan fingerprint density at radius 1 is 1.25 bits per heavy atom.